The van der Waals surface area contributed by atoms with Gasteiger partial charge in [0.05, 0.1) is 0 Å². The van der Waals surface area contributed by atoms with Gasteiger partial charge < -0.3 is 5.32 Å². The van der Waals surface area contributed by atoms with Crippen LogP contribution in [0.4, 0.5) is 0 Å². The Kier molecular flexibility index (Phi) is 5.61. The second-order valence-corrected chi connectivity index (χ2v) is 7.79. The highest BCUT2D eigenvalue weighted by Gasteiger charge is 2.48. The molecule has 21 heavy (non-hydrogen) atoms. The van der Waals surface area contributed by atoms with Crippen molar-refractivity contribution in [3.05, 3.63) is 0 Å². The number of likely N-dealkylation sites (tertiary alicyclic amines) is 1. The van der Waals surface area contributed by atoms with Crippen molar-refractivity contribution in [1.82, 2.24) is 10.2 Å². The Balaban J connectivity index is 1.81. The average molecular weight is 293 g/mol. The smallest absolute Gasteiger partial charge is 0.0365 e. The Morgan fingerprint density at radius 2 is 1.52 bits per heavy atom. The van der Waals surface area contributed by atoms with Crippen molar-refractivity contribution in [2.45, 2.75) is 95.6 Å². The third-order valence-corrected chi connectivity index (χ3v) is 6.58. The summed E-state index contributed by atoms with van der Waals surface area (Å²) in [7, 11) is 0. The van der Waals surface area contributed by atoms with Crippen LogP contribution in [0.1, 0.15) is 84.0 Å². The molecule has 3 aliphatic rings. The summed E-state index contributed by atoms with van der Waals surface area (Å²) in [6.45, 7) is 6.20. The number of hydrogen-bond acceptors (Lipinski definition) is 2. The van der Waals surface area contributed by atoms with E-state index in [1.165, 1.54) is 90.1 Å². The normalized spacial score (nSPS) is 29.6. The molecule has 0 aromatic carbocycles. The molecule has 1 atom stereocenters. The Hall–Kier alpha value is -0.0800. The predicted molar refractivity (Wildman–Crippen MR) is 90.7 cm³/mol. The molecule has 0 amide bonds. The maximum absolute atomic E-state index is 4.00. The Bertz CT molecular complexity index is 295. The Morgan fingerprint density at radius 3 is 2.10 bits per heavy atom. The molecule has 1 saturated heterocycles. The first-order valence-electron chi connectivity index (χ1n) is 9.85. The van der Waals surface area contributed by atoms with Crippen LogP contribution in [0.5, 0.6) is 0 Å². The second-order valence-electron chi connectivity index (χ2n) is 7.79. The zero-order valence-electron chi connectivity index (χ0n) is 14.2. The van der Waals surface area contributed by atoms with Crippen LogP contribution in [0.15, 0.2) is 0 Å². The van der Waals surface area contributed by atoms with Crippen LogP contribution in [0.3, 0.4) is 0 Å². The number of rotatable bonds is 5. The van der Waals surface area contributed by atoms with E-state index in [0.29, 0.717) is 5.54 Å². The number of hydrogen-bond donors (Lipinski definition) is 1. The van der Waals surface area contributed by atoms with Gasteiger partial charge in [0.15, 0.2) is 0 Å². The molecule has 3 rings (SSSR count). The molecule has 1 N–H and O–H groups in total. The lowest BCUT2D eigenvalue weighted by atomic mass is 9.76. The van der Waals surface area contributed by atoms with E-state index in [9.17, 15) is 0 Å². The van der Waals surface area contributed by atoms with E-state index in [1.807, 2.05) is 0 Å². The molecule has 1 aliphatic heterocycles. The SMILES string of the molecule is CCNC(C1CCCCCC1)C1(N2CCCC2)CCCC1. The maximum Gasteiger partial charge on any atom is 0.0365 e. The van der Waals surface area contributed by atoms with Crippen molar-refractivity contribution >= 4 is 0 Å². The first-order chi connectivity index (χ1) is 10.4. The van der Waals surface area contributed by atoms with Crippen LogP contribution in [-0.4, -0.2) is 36.1 Å². The molecule has 1 unspecified atom stereocenters. The number of nitrogens with zero attached hydrogens (tertiary/aromatic N) is 1. The van der Waals surface area contributed by atoms with E-state index in [2.05, 4.69) is 17.1 Å². The third kappa shape index (κ3) is 3.32. The van der Waals surface area contributed by atoms with Gasteiger partial charge in [0, 0.05) is 11.6 Å². The van der Waals surface area contributed by atoms with Crippen LogP contribution >= 0.6 is 0 Å². The van der Waals surface area contributed by atoms with Gasteiger partial charge in [0.1, 0.15) is 0 Å². The van der Waals surface area contributed by atoms with E-state index in [4.69, 9.17) is 0 Å². The minimum Gasteiger partial charge on any atom is -0.312 e. The van der Waals surface area contributed by atoms with Gasteiger partial charge >= 0.3 is 0 Å². The van der Waals surface area contributed by atoms with Gasteiger partial charge in [-0.25, -0.2) is 0 Å². The lowest BCUT2D eigenvalue weighted by Crippen LogP contribution is -2.61. The molecule has 2 aliphatic carbocycles. The molecule has 2 saturated carbocycles. The fourth-order valence-corrected chi connectivity index (χ4v) is 5.63. The predicted octanol–water partition coefficient (Wildman–Crippen LogP) is 4.34. The molecule has 3 fully saturated rings. The van der Waals surface area contributed by atoms with Gasteiger partial charge in [0.2, 0.25) is 0 Å². The number of likely N-dealkylation sites (N-methyl/N-ethyl adjacent to an activating group) is 1. The Labute approximate surface area is 132 Å². The summed E-state index contributed by atoms with van der Waals surface area (Å²) in [6, 6.07) is 0.765. The highest BCUT2D eigenvalue weighted by molar-refractivity contribution is 5.07. The zero-order valence-corrected chi connectivity index (χ0v) is 14.2. The van der Waals surface area contributed by atoms with Gasteiger partial charge in [-0.05, 0) is 64.1 Å². The van der Waals surface area contributed by atoms with Crippen molar-refractivity contribution < 1.29 is 0 Å². The molecule has 0 aromatic rings. The first-order valence-corrected chi connectivity index (χ1v) is 9.85. The minimum absolute atomic E-state index is 0.515. The van der Waals surface area contributed by atoms with Gasteiger partial charge in [-0.2, -0.15) is 0 Å². The van der Waals surface area contributed by atoms with Gasteiger partial charge in [0.25, 0.3) is 0 Å². The van der Waals surface area contributed by atoms with E-state index in [-0.39, 0.29) is 0 Å². The lowest BCUT2D eigenvalue weighted by molar-refractivity contribution is 0.0469. The summed E-state index contributed by atoms with van der Waals surface area (Å²) < 4.78 is 0. The van der Waals surface area contributed by atoms with E-state index < -0.39 is 0 Å². The zero-order chi connectivity index (χ0) is 14.5. The average Bonchev–Trinajstić information content (AvgIpc) is 3.13. The van der Waals surface area contributed by atoms with Crippen molar-refractivity contribution in [2.75, 3.05) is 19.6 Å². The largest absolute Gasteiger partial charge is 0.312 e. The molecule has 2 nitrogen and oxygen atoms in total. The summed E-state index contributed by atoms with van der Waals surface area (Å²) >= 11 is 0. The van der Waals surface area contributed by atoms with E-state index >= 15 is 0 Å². The van der Waals surface area contributed by atoms with Crippen molar-refractivity contribution in [2.24, 2.45) is 5.92 Å². The molecule has 0 radical (unpaired) electrons. The fraction of sp³-hybridized carbons (Fsp3) is 1.00. The molecular formula is C19H36N2. The van der Waals surface area contributed by atoms with Crippen LogP contribution in [0, 0.1) is 5.92 Å². The fourth-order valence-electron chi connectivity index (χ4n) is 5.63. The Morgan fingerprint density at radius 1 is 0.905 bits per heavy atom. The third-order valence-electron chi connectivity index (χ3n) is 6.58. The van der Waals surface area contributed by atoms with Gasteiger partial charge in [-0.3, -0.25) is 4.90 Å². The minimum atomic E-state index is 0.515. The topological polar surface area (TPSA) is 15.3 Å². The van der Waals surface area contributed by atoms with Crippen LogP contribution < -0.4 is 5.32 Å². The lowest BCUT2D eigenvalue weighted by Gasteiger charge is -2.48. The van der Waals surface area contributed by atoms with Crippen LogP contribution in [-0.2, 0) is 0 Å². The van der Waals surface area contributed by atoms with Crippen molar-refractivity contribution in [3.63, 3.8) is 0 Å². The van der Waals surface area contributed by atoms with Gasteiger partial charge in [-0.1, -0.05) is 45.4 Å². The van der Waals surface area contributed by atoms with Gasteiger partial charge in [-0.15, -0.1) is 0 Å². The summed E-state index contributed by atoms with van der Waals surface area (Å²) in [4.78, 5) is 2.91. The molecule has 0 aromatic heterocycles. The van der Waals surface area contributed by atoms with E-state index in [0.717, 1.165) is 18.5 Å². The molecular weight excluding hydrogens is 256 g/mol. The standard InChI is InChI=1S/C19H36N2/c1-2-20-18(17-11-5-3-4-6-12-17)19(13-7-8-14-19)21-15-9-10-16-21/h17-18,20H,2-16H2,1H3. The quantitative estimate of drug-likeness (QED) is 0.758. The summed E-state index contributed by atoms with van der Waals surface area (Å²) in [5.74, 6) is 0.936. The molecule has 2 heteroatoms. The second kappa shape index (κ2) is 7.46. The summed E-state index contributed by atoms with van der Waals surface area (Å²) in [6.07, 6.45) is 17.6. The van der Waals surface area contributed by atoms with Crippen molar-refractivity contribution in [3.8, 4) is 0 Å². The van der Waals surface area contributed by atoms with Crippen molar-refractivity contribution in [1.29, 1.82) is 0 Å². The molecule has 1 heterocycles. The molecule has 122 valence electrons. The summed E-state index contributed by atoms with van der Waals surface area (Å²) in [5, 5.41) is 4.00. The summed E-state index contributed by atoms with van der Waals surface area (Å²) in [5.41, 5.74) is 0.515. The highest BCUT2D eigenvalue weighted by atomic mass is 15.2. The maximum atomic E-state index is 4.00. The van der Waals surface area contributed by atoms with Crippen LogP contribution in [0.25, 0.3) is 0 Å². The van der Waals surface area contributed by atoms with Crippen LogP contribution in [0.2, 0.25) is 0 Å². The number of nitrogens with one attached hydrogen (secondary N) is 1. The first kappa shape index (κ1) is 15.8. The monoisotopic (exact) mass is 292 g/mol. The highest BCUT2D eigenvalue weighted by Crippen LogP contribution is 2.44. The van der Waals surface area contributed by atoms with E-state index in [1.54, 1.807) is 0 Å². The molecule has 0 bridgehead atoms. The molecule has 0 spiro atoms.